The van der Waals surface area contributed by atoms with Crippen LogP contribution in [0.15, 0.2) is 426 Å². The molecule has 28 aromatic rings. The number of thiophene rings is 3. The second-order valence-corrected chi connectivity index (χ2v) is 42.6. The van der Waals surface area contributed by atoms with Crippen LogP contribution in [0, 0.1) is 0 Å². The number of fused-ring (bicyclic) bond motifs is 9. The normalized spacial score (nSPS) is 13.4. The van der Waals surface area contributed by atoms with Gasteiger partial charge < -0.3 is 23.1 Å². The fraction of sp³-hybridized carbons (Fsp3) is 0.0455. The zero-order valence-electron chi connectivity index (χ0n) is 76.6. The zero-order chi connectivity index (χ0) is 92.0. The lowest BCUT2D eigenvalue weighted by Gasteiger charge is -2.28. The van der Waals surface area contributed by atoms with Crippen LogP contribution in [0.2, 0.25) is 0 Å². The summed E-state index contributed by atoms with van der Waals surface area (Å²) in [5.74, 6) is 0. The lowest BCUT2D eigenvalue weighted by molar-refractivity contribution is 0.660. The Balaban J connectivity index is 0.0000000977. The Labute approximate surface area is 816 Å². The van der Waals surface area contributed by atoms with Crippen molar-refractivity contribution in [3.05, 3.63) is 435 Å². The highest BCUT2D eigenvalue weighted by molar-refractivity contribution is 7.27. The third-order valence-corrected chi connectivity index (χ3v) is 34.7. The third-order valence-electron chi connectivity index (χ3n) is 31.3. The van der Waals surface area contributed by atoms with Gasteiger partial charge in [-0.25, -0.2) is 0 Å². The highest BCUT2D eigenvalue weighted by Gasteiger charge is 2.42. The molecule has 6 aromatic heterocycles. The number of anilines is 6. The van der Waals surface area contributed by atoms with Crippen LogP contribution in [0.25, 0.3) is 259 Å². The number of benzene rings is 22. The van der Waals surface area contributed by atoms with Crippen LogP contribution in [-0.2, 0) is 10.8 Å². The summed E-state index contributed by atoms with van der Waals surface area (Å²) >= 11 is 5.73. The van der Waals surface area contributed by atoms with Crippen LogP contribution in [-0.4, -0.2) is 0 Å². The predicted molar refractivity (Wildman–Crippen MR) is 596 cm³/mol. The molecule has 22 aromatic carbocycles. The zero-order valence-corrected chi connectivity index (χ0v) is 79.1. The highest BCUT2D eigenvalue weighted by atomic mass is 32.1. The Hall–Kier alpha value is -16.7. The molecule has 5 aliphatic carbocycles. The molecule has 0 amide bonds. The first-order chi connectivity index (χ1) is 68.9. The molecule has 33 rings (SSSR count). The summed E-state index contributed by atoms with van der Waals surface area (Å²) in [6, 6.07) is 151. The van der Waals surface area contributed by atoms with Crippen molar-refractivity contribution in [2.75, 3.05) is 9.80 Å². The molecular weight excluding hydrogens is 1760 g/mol. The van der Waals surface area contributed by atoms with Gasteiger partial charge in [0.2, 0.25) is 0 Å². The van der Waals surface area contributed by atoms with Gasteiger partial charge in [-0.15, -0.1) is 34.0 Å². The van der Waals surface area contributed by atoms with Crippen molar-refractivity contribution in [3.63, 3.8) is 0 Å². The van der Waals surface area contributed by atoms with E-state index in [9.17, 15) is 0 Å². The Morgan fingerprint density at radius 1 is 0.179 bits per heavy atom. The lowest BCUT2D eigenvalue weighted by Crippen LogP contribution is -2.16. The van der Waals surface area contributed by atoms with E-state index >= 15 is 0 Å². The van der Waals surface area contributed by atoms with E-state index in [1.807, 2.05) is 40.1 Å². The van der Waals surface area contributed by atoms with Crippen LogP contribution in [0.3, 0.4) is 0 Å². The van der Waals surface area contributed by atoms with Gasteiger partial charge in [0.05, 0.1) is 0 Å². The second kappa shape index (κ2) is 28.9. The maximum atomic E-state index is 6.53. The summed E-state index contributed by atoms with van der Waals surface area (Å²) in [6.45, 7) is 9.50. The van der Waals surface area contributed by atoms with E-state index < -0.39 is 0 Å². The number of hydrogen-bond donors (Lipinski definition) is 0. The van der Waals surface area contributed by atoms with E-state index in [1.165, 1.54) is 242 Å². The van der Waals surface area contributed by atoms with Gasteiger partial charge in [-0.2, -0.15) is 0 Å². The maximum Gasteiger partial charge on any atom is 0.136 e. The molecule has 5 aliphatic rings. The van der Waals surface area contributed by atoms with Crippen molar-refractivity contribution >= 4 is 227 Å². The van der Waals surface area contributed by atoms with Gasteiger partial charge in [-0.3, -0.25) is 0 Å². The minimum atomic E-state index is -0.147. The SMILES string of the molecule is CC1(C)c2ccccc2-c2ccc(N(c3ccccc3)c3ccc(-c4cc5c6c(c4)C(C)(C)c4ccc7ccc8oc9cccc-5c9c8c7c4-6)cc3)cc21.c1cc(-c2cc3sc4cccc5c4c3c3c2ccc2sc4cccc-5c4c23)cc(-c2cccc3oc4ccccc4c23)c1.c1ccc(N(c2ccccc2)c2ccc(-c3ccc4sc5ccc6ccc7oc8cccc9c8c7c6c5c4c3-9)cc2)cc1. The van der Waals surface area contributed by atoms with Crippen LogP contribution in [0.5, 0.6) is 0 Å². The fourth-order valence-electron chi connectivity index (χ4n) is 25.2. The molecule has 5 nitrogen and oxygen atoms in total. The fourth-order valence-corrected chi connectivity index (χ4v) is 28.6. The molecule has 8 heteroatoms. The molecule has 0 unspecified atom stereocenters. The Morgan fingerprint density at radius 2 is 0.629 bits per heavy atom. The molecule has 0 spiro atoms. The van der Waals surface area contributed by atoms with E-state index in [0.717, 1.165) is 73.0 Å². The van der Waals surface area contributed by atoms with Crippen LogP contribution in [0.4, 0.5) is 34.1 Å². The van der Waals surface area contributed by atoms with Gasteiger partial charge in [0.15, 0.2) is 0 Å². The minimum absolute atomic E-state index is 0.0754. The predicted octanol–water partition coefficient (Wildman–Crippen LogP) is 39.5. The van der Waals surface area contributed by atoms with Crippen molar-refractivity contribution in [1.82, 2.24) is 0 Å². The first kappa shape index (κ1) is 78.5. The molecule has 0 bridgehead atoms. The molecule has 0 aliphatic heterocycles. The molecule has 140 heavy (non-hydrogen) atoms. The largest absolute Gasteiger partial charge is 0.456 e. The monoisotopic (exact) mass is 1840 g/mol. The van der Waals surface area contributed by atoms with Crippen LogP contribution in [0.1, 0.15) is 49.9 Å². The minimum Gasteiger partial charge on any atom is -0.456 e. The second-order valence-electron chi connectivity index (χ2n) is 39.3. The average Bonchev–Trinajstić information content (AvgIpc) is 1.53. The van der Waals surface area contributed by atoms with Crippen molar-refractivity contribution in [2.45, 2.75) is 38.5 Å². The molecule has 0 saturated heterocycles. The number of furan rings is 3. The van der Waals surface area contributed by atoms with E-state index in [2.05, 4.69) is 444 Å². The van der Waals surface area contributed by atoms with Crippen LogP contribution >= 0.6 is 34.0 Å². The van der Waals surface area contributed by atoms with E-state index in [1.54, 1.807) is 0 Å². The lowest BCUT2D eigenvalue weighted by atomic mass is 9.80. The summed E-state index contributed by atoms with van der Waals surface area (Å²) in [5, 5.41) is 23.6. The number of para-hydroxylation sites is 4. The maximum absolute atomic E-state index is 6.53. The highest BCUT2D eigenvalue weighted by Crippen LogP contribution is 2.63. The van der Waals surface area contributed by atoms with Crippen molar-refractivity contribution in [2.24, 2.45) is 0 Å². The first-order valence-corrected chi connectivity index (χ1v) is 50.7. The third kappa shape index (κ3) is 11.0. The average molecular weight is 1840 g/mol. The number of hydrogen-bond acceptors (Lipinski definition) is 8. The van der Waals surface area contributed by atoms with E-state index in [-0.39, 0.29) is 10.8 Å². The Morgan fingerprint density at radius 3 is 1.32 bits per heavy atom. The molecule has 0 radical (unpaired) electrons. The first-order valence-electron chi connectivity index (χ1n) is 48.3. The molecule has 0 atom stereocenters. The Bertz CT molecular complexity index is 10300. The van der Waals surface area contributed by atoms with Crippen LogP contribution < -0.4 is 9.80 Å². The van der Waals surface area contributed by atoms with Gasteiger partial charge in [0.1, 0.15) is 33.5 Å². The van der Waals surface area contributed by atoms with E-state index in [0.29, 0.717) is 0 Å². The van der Waals surface area contributed by atoms with Gasteiger partial charge >= 0.3 is 0 Å². The summed E-state index contributed by atoms with van der Waals surface area (Å²) in [6.07, 6.45) is 0. The quantitative estimate of drug-likeness (QED) is 0.137. The molecule has 0 N–H and O–H groups in total. The molecule has 6 heterocycles. The topological polar surface area (TPSA) is 45.9 Å². The van der Waals surface area contributed by atoms with Crippen molar-refractivity contribution < 1.29 is 13.3 Å². The molecule has 654 valence electrons. The number of rotatable bonds is 10. The van der Waals surface area contributed by atoms with Crippen molar-refractivity contribution in [3.8, 4) is 100 Å². The molecule has 0 fully saturated rings. The molecular formula is C132H80N2O3S3. The number of nitrogens with zero attached hydrogens (tertiary/aromatic N) is 2. The van der Waals surface area contributed by atoms with Gasteiger partial charge in [-0.05, 0) is 302 Å². The Kier molecular flexibility index (Phi) is 16.2. The van der Waals surface area contributed by atoms with Gasteiger partial charge in [0.25, 0.3) is 0 Å². The van der Waals surface area contributed by atoms with E-state index in [4.69, 9.17) is 13.3 Å². The summed E-state index contributed by atoms with van der Waals surface area (Å²) in [7, 11) is 0. The summed E-state index contributed by atoms with van der Waals surface area (Å²) in [5.41, 5.74) is 41.0. The molecule has 0 saturated carbocycles. The summed E-state index contributed by atoms with van der Waals surface area (Å²) < 4.78 is 27.3. The smallest absolute Gasteiger partial charge is 0.136 e. The van der Waals surface area contributed by atoms with Gasteiger partial charge in [-0.1, -0.05) is 276 Å². The van der Waals surface area contributed by atoms with Crippen molar-refractivity contribution in [1.29, 1.82) is 0 Å². The van der Waals surface area contributed by atoms with Gasteiger partial charge in [0, 0.05) is 154 Å². The summed E-state index contributed by atoms with van der Waals surface area (Å²) in [4.78, 5) is 4.71. The standard InChI is InChI=1S/C52H37NO.C40H23NOS.C40H20OS2/c1-51(2)40-15-9-8-13-36(40)37-24-23-35(29-42(37)51)53(33-11-6-5-7-12-33)34-21-17-30(18-22-34)32-27-39-38-14-10-16-44-48(38)50-45(54-44)26-20-31-19-25-41-49(46(31)50)47(39)43(28-32)52(41,3)4;1-3-8-26(9-4-1)41(27-10-5-2-6-11-27)28-18-14-24(15-19-28)29-20-23-34-40-36(29)30-12-7-13-31-37(30)38-32(42-31)21-16-25-17-22-33(43-34)39(40)35(25)38;1-2-13-29-27(9-1)35-23(10-4-14-30(35)41-29)21-7-3-8-22(19-21)28-20-34-40-37-25(12-6-16-32(37)43-34)24-11-5-15-31-36(24)39-33(42-31)18-17-26(28)38(39)40/h5-29H,1-4H3;1-23H;1-20H.